The van der Waals surface area contributed by atoms with Gasteiger partial charge in [-0.05, 0) is 12.1 Å². The Balaban J connectivity index is 2.73. The molecule has 0 aliphatic carbocycles. The molecule has 0 aliphatic heterocycles. The summed E-state index contributed by atoms with van der Waals surface area (Å²) in [5.74, 6) is -3.90. The van der Waals surface area contributed by atoms with Crippen LogP contribution >= 0.6 is 34.8 Å². The van der Waals surface area contributed by atoms with E-state index in [2.05, 4.69) is 4.98 Å². The highest BCUT2D eigenvalue weighted by Gasteiger charge is 2.19. The number of halogens is 6. The predicted molar refractivity (Wildman–Crippen MR) is 64.6 cm³/mol. The molecule has 2 rings (SSSR count). The van der Waals surface area contributed by atoms with Gasteiger partial charge in [-0.1, -0.05) is 34.8 Å². The van der Waals surface area contributed by atoms with Gasteiger partial charge in [0.25, 0.3) is 0 Å². The van der Waals surface area contributed by atoms with Crippen LogP contribution in [0.4, 0.5) is 13.2 Å². The fourth-order valence-corrected chi connectivity index (χ4v) is 2.38. The first-order chi connectivity index (χ1) is 8.40. The smallest absolute Gasteiger partial charge is 0.214 e. The minimum atomic E-state index is -1.44. The predicted octanol–water partition coefficient (Wildman–Crippen LogP) is 5.13. The summed E-state index contributed by atoms with van der Waals surface area (Å²) in [6.07, 6.45) is 0. The maximum atomic E-state index is 13.6. The largest absolute Gasteiger partial charge is 0.249 e. The number of hydrogen-bond acceptors (Lipinski definition) is 1. The Morgan fingerprint density at radius 3 is 1.94 bits per heavy atom. The lowest BCUT2D eigenvalue weighted by molar-refractivity contribution is 0.466. The Morgan fingerprint density at radius 1 is 0.833 bits per heavy atom. The zero-order chi connectivity index (χ0) is 13.4. The number of benzene rings is 1. The number of hydrogen-bond donors (Lipinski definition) is 0. The van der Waals surface area contributed by atoms with E-state index in [-0.39, 0.29) is 20.6 Å². The molecule has 1 aromatic carbocycles. The van der Waals surface area contributed by atoms with Gasteiger partial charge in [-0.15, -0.1) is 0 Å². The van der Waals surface area contributed by atoms with Gasteiger partial charge < -0.3 is 0 Å². The van der Waals surface area contributed by atoms with Gasteiger partial charge in [0.2, 0.25) is 5.95 Å². The van der Waals surface area contributed by atoms with E-state index in [0.717, 1.165) is 0 Å². The lowest BCUT2D eigenvalue weighted by Crippen LogP contribution is -1.98. The monoisotopic (exact) mass is 311 g/mol. The van der Waals surface area contributed by atoms with Gasteiger partial charge in [0.15, 0.2) is 11.6 Å². The molecular formula is C11H3Cl3F3N. The third-order valence-electron chi connectivity index (χ3n) is 2.13. The molecule has 0 aliphatic rings. The van der Waals surface area contributed by atoms with E-state index in [9.17, 15) is 13.2 Å². The minimum absolute atomic E-state index is 0.00934. The van der Waals surface area contributed by atoms with E-state index >= 15 is 0 Å². The zero-order valence-electron chi connectivity index (χ0n) is 8.45. The van der Waals surface area contributed by atoms with Crippen molar-refractivity contribution >= 4 is 34.8 Å². The van der Waals surface area contributed by atoms with Crippen LogP contribution in [0.2, 0.25) is 15.1 Å². The van der Waals surface area contributed by atoms with Gasteiger partial charge in [0.05, 0.1) is 10.0 Å². The molecule has 0 spiro atoms. The van der Waals surface area contributed by atoms with Gasteiger partial charge >= 0.3 is 0 Å². The topological polar surface area (TPSA) is 12.9 Å². The summed E-state index contributed by atoms with van der Waals surface area (Å²) in [6.45, 7) is 0. The lowest BCUT2D eigenvalue weighted by Gasteiger charge is -2.08. The van der Waals surface area contributed by atoms with Gasteiger partial charge in [0, 0.05) is 16.7 Å². The summed E-state index contributed by atoms with van der Waals surface area (Å²) < 4.78 is 39.4. The van der Waals surface area contributed by atoms with E-state index in [1.807, 2.05) is 0 Å². The van der Waals surface area contributed by atoms with E-state index in [1.165, 1.54) is 12.1 Å². The normalized spacial score (nSPS) is 10.8. The Hall–Kier alpha value is -0.970. The van der Waals surface area contributed by atoms with Crippen LogP contribution in [0.15, 0.2) is 18.2 Å². The molecule has 94 valence electrons. The van der Waals surface area contributed by atoms with Crippen LogP contribution in [0, 0.1) is 17.6 Å². The average Bonchev–Trinajstić information content (AvgIpc) is 2.24. The number of rotatable bonds is 1. The lowest BCUT2D eigenvalue weighted by atomic mass is 10.1. The summed E-state index contributed by atoms with van der Waals surface area (Å²) in [5.41, 5.74) is -0.514. The Bertz CT molecular complexity index is 608. The van der Waals surface area contributed by atoms with Crippen molar-refractivity contribution in [3.63, 3.8) is 0 Å². The first-order valence-electron chi connectivity index (χ1n) is 4.56. The second kappa shape index (κ2) is 4.96. The molecule has 1 aromatic heterocycles. The number of aromatic nitrogens is 1. The quantitative estimate of drug-likeness (QED) is 0.666. The molecular weight excluding hydrogens is 309 g/mol. The highest BCUT2D eigenvalue weighted by molar-refractivity contribution is 6.41. The van der Waals surface area contributed by atoms with E-state index in [0.29, 0.717) is 6.07 Å². The maximum Gasteiger partial charge on any atom is 0.249 e. The summed E-state index contributed by atoms with van der Waals surface area (Å²) in [6, 6.07) is 2.97. The van der Waals surface area contributed by atoms with E-state index in [1.54, 1.807) is 0 Å². The Morgan fingerprint density at radius 2 is 1.39 bits per heavy atom. The molecule has 2 aromatic rings. The van der Waals surface area contributed by atoms with Crippen molar-refractivity contribution < 1.29 is 13.2 Å². The Kier molecular flexibility index (Phi) is 3.71. The molecule has 0 unspecified atom stereocenters. The highest BCUT2D eigenvalue weighted by atomic mass is 35.5. The van der Waals surface area contributed by atoms with E-state index < -0.39 is 23.3 Å². The van der Waals surface area contributed by atoms with Crippen molar-refractivity contribution in [1.82, 2.24) is 4.98 Å². The van der Waals surface area contributed by atoms with Gasteiger partial charge in [-0.3, -0.25) is 0 Å². The summed E-state index contributed by atoms with van der Waals surface area (Å²) in [5, 5.41) is 0.214. The molecule has 0 fully saturated rings. The standard InChI is InChI=1S/C11H3Cl3F3N/c12-4-1-5(13)9(6(14)2-4)10-7(15)3-8(16)11(17)18-10/h1-3H. The minimum Gasteiger partial charge on any atom is -0.214 e. The first kappa shape index (κ1) is 13.5. The van der Waals surface area contributed by atoms with Gasteiger partial charge in [-0.25, -0.2) is 13.8 Å². The fourth-order valence-electron chi connectivity index (χ4n) is 1.39. The van der Waals surface area contributed by atoms with Crippen molar-refractivity contribution in [2.45, 2.75) is 0 Å². The average molecular weight is 313 g/mol. The molecule has 0 saturated heterocycles. The van der Waals surface area contributed by atoms with Crippen molar-refractivity contribution in [3.05, 3.63) is 50.8 Å². The van der Waals surface area contributed by atoms with Crippen LogP contribution in [0.1, 0.15) is 0 Å². The SMILES string of the molecule is Fc1cc(F)c(-c2c(Cl)cc(Cl)cc2Cl)nc1F. The van der Waals surface area contributed by atoms with Gasteiger partial charge in [0.1, 0.15) is 5.69 Å². The summed E-state index contributed by atoms with van der Waals surface area (Å²) >= 11 is 17.4. The second-order valence-electron chi connectivity index (χ2n) is 3.34. The van der Waals surface area contributed by atoms with E-state index in [4.69, 9.17) is 34.8 Å². The first-order valence-corrected chi connectivity index (χ1v) is 5.70. The summed E-state index contributed by atoms with van der Waals surface area (Å²) in [4.78, 5) is 3.17. The number of pyridine rings is 1. The third-order valence-corrected chi connectivity index (χ3v) is 2.94. The fraction of sp³-hybridized carbons (Fsp3) is 0. The van der Waals surface area contributed by atoms with Crippen molar-refractivity contribution in [2.75, 3.05) is 0 Å². The number of nitrogens with zero attached hydrogens (tertiary/aromatic N) is 1. The molecule has 0 saturated carbocycles. The van der Waals surface area contributed by atoms with Crippen molar-refractivity contribution in [1.29, 1.82) is 0 Å². The molecule has 1 heterocycles. The molecule has 0 bridgehead atoms. The van der Waals surface area contributed by atoms with Gasteiger partial charge in [-0.2, -0.15) is 4.39 Å². The maximum absolute atomic E-state index is 13.6. The Labute approximate surface area is 115 Å². The molecule has 0 radical (unpaired) electrons. The van der Waals surface area contributed by atoms with Crippen LogP contribution in [0.25, 0.3) is 11.3 Å². The molecule has 18 heavy (non-hydrogen) atoms. The van der Waals surface area contributed by atoms with Crippen molar-refractivity contribution in [3.8, 4) is 11.3 Å². The second-order valence-corrected chi connectivity index (χ2v) is 4.59. The molecule has 7 heteroatoms. The molecule has 0 N–H and O–H groups in total. The molecule has 0 atom stereocenters. The van der Waals surface area contributed by atoms with Crippen molar-refractivity contribution in [2.24, 2.45) is 0 Å². The highest BCUT2D eigenvalue weighted by Crippen LogP contribution is 2.37. The molecule has 1 nitrogen and oxygen atoms in total. The third kappa shape index (κ3) is 2.41. The van der Waals surface area contributed by atoms with Crippen LogP contribution in [0.5, 0.6) is 0 Å². The van der Waals surface area contributed by atoms with Crippen LogP contribution in [-0.2, 0) is 0 Å². The summed E-state index contributed by atoms with van der Waals surface area (Å²) in [7, 11) is 0. The zero-order valence-corrected chi connectivity index (χ0v) is 10.7. The van der Waals surface area contributed by atoms with Crippen LogP contribution < -0.4 is 0 Å². The van der Waals surface area contributed by atoms with Crippen LogP contribution in [-0.4, -0.2) is 4.98 Å². The molecule has 0 amide bonds. The van der Waals surface area contributed by atoms with Crippen LogP contribution in [0.3, 0.4) is 0 Å².